The van der Waals surface area contributed by atoms with Crippen LogP contribution in [-0.2, 0) is 11.2 Å². The van der Waals surface area contributed by atoms with Crippen LogP contribution in [0.25, 0.3) is 0 Å². The first-order chi connectivity index (χ1) is 10.6. The van der Waals surface area contributed by atoms with E-state index >= 15 is 0 Å². The highest BCUT2D eigenvalue weighted by molar-refractivity contribution is 5.85. The van der Waals surface area contributed by atoms with Gasteiger partial charge in [0.1, 0.15) is 0 Å². The second-order valence-corrected chi connectivity index (χ2v) is 5.21. The molecular formula is C17H29ClN2O3. The molecule has 1 aromatic carbocycles. The fraction of sp³-hybridized carbons (Fsp3) is 0.588. The Morgan fingerprint density at radius 2 is 2.04 bits per heavy atom. The molecule has 132 valence electrons. The maximum Gasteiger partial charge on any atom is 0.236 e. The molecular weight excluding hydrogens is 316 g/mol. The average molecular weight is 345 g/mol. The Morgan fingerprint density at radius 1 is 1.30 bits per heavy atom. The van der Waals surface area contributed by atoms with E-state index in [0.717, 1.165) is 42.7 Å². The van der Waals surface area contributed by atoms with E-state index in [1.807, 2.05) is 32.0 Å². The van der Waals surface area contributed by atoms with Crippen molar-refractivity contribution in [2.75, 3.05) is 20.3 Å². The van der Waals surface area contributed by atoms with E-state index in [9.17, 15) is 4.79 Å². The topological polar surface area (TPSA) is 73.6 Å². The molecule has 1 aromatic rings. The van der Waals surface area contributed by atoms with E-state index in [-0.39, 0.29) is 18.3 Å². The summed E-state index contributed by atoms with van der Waals surface area (Å²) in [5.74, 6) is 1.44. The van der Waals surface area contributed by atoms with E-state index < -0.39 is 6.04 Å². The number of carbonyl (C=O) groups excluding carboxylic acids is 1. The van der Waals surface area contributed by atoms with Gasteiger partial charge in [-0.15, -0.1) is 12.4 Å². The molecule has 1 atom stereocenters. The Labute approximate surface area is 145 Å². The van der Waals surface area contributed by atoms with Gasteiger partial charge in [-0.3, -0.25) is 4.79 Å². The molecule has 0 saturated heterocycles. The van der Waals surface area contributed by atoms with Crippen LogP contribution in [-0.4, -0.2) is 32.2 Å². The molecule has 0 heterocycles. The van der Waals surface area contributed by atoms with Gasteiger partial charge in [-0.1, -0.05) is 19.4 Å². The molecule has 0 aliphatic heterocycles. The van der Waals surface area contributed by atoms with Gasteiger partial charge in [0.25, 0.3) is 0 Å². The minimum absolute atomic E-state index is 0. The second-order valence-electron chi connectivity index (χ2n) is 5.21. The van der Waals surface area contributed by atoms with Gasteiger partial charge in [-0.25, -0.2) is 0 Å². The van der Waals surface area contributed by atoms with Crippen LogP contribution in [0.3, 0.4) is 0 Å². The van der Waals surface area contributed by atoms with E-state index in [1.54, 1.807) is 7.11 Å². The second kappa shape index (κ2) is 12.0. The lowest BCUT2D eigenvalue weighted by Gasteiger charge is -2.12. The summed E-state index contributed by atoms with van der Waals surface area (Å²) in [5.41, 5.74) is 6.93. The van der Waals surface area contributed by atoms with Crippen molar-refractivity contribution in [1.82, 2.24) is 5.32 Å². The molecule has 5 nitrogen and oxygen atoms in total. The van der Waals surface area contributed by atoms with Gasteiger partial charge >= 0.3 is 0 Å². The monoisotopic (exact) mass is 344 g/mol. The maximum atomic E-state index is 11.7. The molecule has 0 fully saturated rings. The number of amides is 1. The van der Waals surface area contributed by atoms with Crippen LogP contribution < -0.4 is 20.5 Å². The lowest BCUT2D eigenvalue weighted by Crippen LogP contribution is -2.40. The highest BCUT2D eigenvalue weighted by atomic mass is 35.5. The van der Waals surface area contributed by atoms with Crippen LogP contribution >= 0.6 is 12.4 Å². The van der Waals surface area contributed by atoms with Crippen LogP contribution in [0.1, 0.15) is 38.7 Å². The number of hydrogen-bond acceptors (Lipinski definition) is 4. The molecule has 0 spiro atoms. The zero-order valence-corrected chi connectivity index (χ0v) is 15.1. The fourth-order valence-electron chi connectivity index (χ4n) is 2.22. The molecule has 1 rings (SSSR count). The highest BCUT2D eigenvalue weighted by Crippen LogP contribution is 2.28. The van der Waals surface area contributed by atoms with Crippen LogP contribution in [0.15, 0.2) is 18.2 Å². The van der Waals surface area contributed by atoms with Crippen molar-refractivity contribution in [3.8, 4) is 11.5 Å². The van der Waals surface area contributed by atoms with Crippen LogP contribution in [0.4, 0.5) is 0 Å². The van der Waals surface area contributed by atoms with Gasteiger partial charge in [0.2, 0.25) is 5.91 Å². The maximum absolute atomic E-state index is 11.7. The number of benzene rings is 1. The third kappa shape index (κ3) is 7.57. The molecule has 0 aliphatic rings. The number of nitrogens with two attached hydrogens (primary N) is 1. The number of nitrogens with one attached hydrogen (secondary N) is 1. The van der Waals surface area contributed by atoms with Crippen molar-refractivity contribution in [3.63, 3.8) is 0 Å². The first-order valence-electron chi connectivity index (χ1n) is 7.95. The molecule has 1 amide bonds. The zero-order chi connectivity index (χ0) is 16.4. The quantitative estimate of drug-likeness (QED) is 0.640. The molecule has 0 bridgehead atoms. The third-order valence-corrected chi connectivity index (χ3v) is 3.41. The van der Waals surface area contributed by atoms with Crippen molar-refractivity contribution >= 4 is 18.3 Å². The summed E-state index contributed by atoms with van der Waals surface area (Å²) in [6.07, 6.45) is 3.37. The van der Waals surface area contributed by atoms with Gasteiger partial charge in [0.05, 0.1) is 19.8 Å². The summed E-state index contributed by atoms with van der Waals surface area (Å²) in [5, 5.41) is 2.88. The Bertz CT molecular complexity index is 469. The summed E-state index contributed by atoms with van der Waals surface area (Å²) in [6.45, 7) is 5.20. The van der Waals surface area contributed by atoms with E-state index in [1.165, 1.54) is 0 Å². The van der Waals surface area contributed by atoms with Gasteiger partial charge < -0.3 is 20.5 Å². The molecule has 0 saturated carbocycles. The Kier molecular flexibility index (Phi) is 11.3. The number of methoxy groups -OCH3 is 1. The summed E-state index contributed by atoms with van der Waals surface area (Å²) >= 11 is 0. The van der Waals surface area contributed by atoms with Crippen molar-refractivity contribution in [2.45, 2.75) is 45.6 Å². The predicted octanol–water partition coefficient (Wildman–Crippen LogP) is 2.69. The SMILES string of the molecule is CCCC(N)C(=O)NCCCc1ccc(OC)c(OCC)c1.Cl. The molecule has 0 radical (unpaired) electrons. The van der Waals surface area contributed by atoms with Crippen molar-refractivity contribution in [1.29, 1.82) is 0 Å². The van der Waals surface area contributed by atoms with Gasteiger partial charge in [0, 0.05) is 6.54 Å². The van der Waals surface area contributed by atoms with Gasteiger partial charge in [-0.2, -0.15) is 0 Å². The van der Waals surface area contributed by atoms with E-state index in [0.29, 0.717) is 13.2 Å². The molecule has 0 aromatic heterocycles. The van der Waals surface area contributed by atoms with E-state index in [2.05, 4.69) is 5.32 Å². The average Bonchev–Trinajstić information content (AvgIpc) is 2.52. The smallest absolute Gasteiger partial charge is 0.236 e. The molecule has 6 heteroatoms. The number of rotatable bonds is 10. The summed E-state index contributed by atoms with van der Waals surface area (Å²) < 4.78 is 10.8. The number of ether oxygens (including phenoxy) is 2. The minimum atomic E-state index is -0.393. The zero-order valence-electron chi connectivity index (χ0n) is 14.3. The van der Waals surface area contributed by atoms with Crippen molar-refractivity contribution < 1.29 is 14.3 Å². The Hall–Kier alpha value is -1.46. The molecule has 3 N–H and O–H groups in total. The number of carbonyl (C=O) groups is 1. The minimum Gasteiger partial charge on any atom is -0.493 e. The van der Waals surface area contributed by atoms with Crippen LogP contribution in [0, 0.1) is 0 Å². The standard InChI is InChI=1S/C17H28N2O3.ClH/c1-4-7-14(18)17(20)19-11-6-8-13-9-10-15(21-3)16(12-13)22-5-2;/h9-10,12,14H,4-8,11,18H2,1-3H3,(H,19,20);1H. The van der Waals surface area contributed by atoms with Gasteiger partial charge in [0.15, 0.2) is 11.5 Å². The number of halogens is 1. The normalized spacial score (nSPS) is 11.3. The molecule has 0 aliphatic carbocycles. The molecule has 1 unspecified atom stereocenters. The van der Waals surface area contributed by atoms with Crippen molar-refractivity contribution in [3.05, 3.63) is 23.8 Å². The van der Waals surface area contributed by atoms with Gasteiger partial charge in [-0.05, 0) is 43.9 Å². The largest absolute Gasteiger partial charge is 0.493 e. The fourth-order valence-corrected chi connectivity index (χ4v) is 2.22. The van der Waals surface area contributed by atoms with Crippen LogP contribution in [0.2, 0.25) is 0 Å². The Balaban J connectivity index is 0.00000484. The van der Waals surface area contributed by atoms with E-state index in [4.69, 9.17) is 15.2 Å². The Morgan fingerprint density at radius 3 is 2.65 bits per heavy atom. The third-order valence-electron chi connectivity index (χ3n) is 3.41. The number of aryl methyl sites for hydroxylation is 1. The first-order valence-corrected chi connectivity index (χ1v) is 7.95. The summed E-state index contributed by atoms with van der Waals surface area (Å²) in [7, 11) is 1.63. The molecule has 23 heavy (non-hydrogen) atoms. The first kappa shape index (κ1) is 21.5. The lowest BCUT2D eigenvalue weighted by molar-refractivity contribution is -0.122. The van der Waals surface area contributed by atoms with Crippen molar-refractivity contribution in [2.24, 2.45) is 5.73 Å². The summed E-state index contributed by atoms with van der Waals surface area (Å²) in [6, 6.07) is 5.53. The van der Waals surface area contributed by atoms with Crippen LogP contribution in [0.5, 0.6) is 11.5 Å². The highest BCUT2D eigenvalue weighted by Gasteiger charge is 2.11. The number of hydrogen-bond donors (Lipinski definition) is 2. The predicted molar refractivity (Wildman–Crippen MR) is 95.6 cm³/mol. The summed E-state index contributed by atoms with van der Waals surface area (Å²) in [4.78, 5) is 11.7. The lowest BCUT2D eigenvalue weighted by atomic mass is 10.1.